The number of rotatable bonds is 9. The van der Waals surface area contributed by atoms with Crippen LogP contribution in [0, 0.1) is 0 Å². The number of nitrogens with zero attached hydrogens (tertiary/aromatic N) is 2. The van der Waals surface area contributed by atoms with E-state index in [1.54, 1.807) is 0 Å². The predicted octanol–water partition coefficient (Wildman–Crippen LogP) is 14.9. The minimum Gasteiger partial charge on any atom is -0.310 e. The molecule has 10 rings (SSSR count). The molecule has 0 aliphatic rings. The summed E-state index contributed by atoms with van der Waals surface area (Å²) in [6.07, 6.45) is 0. The Bertz CT molecular complexity index is 2960. The first-order valence-corrected chi connectivity index (χ1v) is 19.9. The van der Waals surface area contributed by atoms with E-state index in [4.69, 9.17) is 0 Å². The number of hydrogen-bond acceptors (Lipinski definition) is 1. The molecule has 0 atom stereocenters. The van der Waals surface area contributed by atoms with Crippen LogP contribution in [0.15, 0.2) is 243 Å². The molecule has 9 aromatic carbocycles. The van der Waals surface area contributed by atoms with Gasteiger partial charge in [-0.3, -0.25) is 0 Å². The molecule has 2 nitrogen and oxygen atoms in total. The van der Waals surface area contributed by atoms with Crippen molar-refractivity contribution in [1.29, 1.82) is 0 Å². The summed E-state index contributed by atoms with van der Waals surface area (Å²) in [5, 5.41) is 2.45. The van der Waals surface area contributed by atoms with Crippen molar-refractivity contribution >= 4 is 50.0 Å². The summed E-state index contributed by atoms with van der Waals surface area (Å²) >= 11 is 0. The average molecular weight is 741 g/mol. The molecule has 274 valence electrons. The van der Waals surface area contributed by atoms with Gasteiger partial charge in [0.1, 0.15) is 0 Å². The number of aromatic nitrogens is 1. The van der Waals surface area contributed by atoms with Gasteiger partial charge in [-0.15, -0.1) is 0 Å². The zero-order valence-electron chi connectivity index (χ0n) is 32.0. The first kappa shape index (κ1) is 34.8. The zero-order valence-corrected chi connectivity index (χ0v) is 32.0. The lowest BCUT2D eigenvalue weighted by atomic mass is 9.85. The zero-order chi connectivity index (χ0) is 38.7. The molecule has 0 unspecified atom stereocenters. The van der Waals surface area contributed by atoms with Gasteiger partial charge in [-0.2, -0.15) is 0 Å². The average Bonchev–Trinajstić information content (AvgIpc) is 3.64. The van der Waals surface area contributed by atoms with E-state index in [-0.39, 0.29) is 0 Å². The van der Waals surface area contributed by atoms with Gasteiger partial charge in [-0.1, -0.05) is 194 Å². The van der Waals surface area contributed by atoms with Crippen LogP contribution in [-0.2, 0) is 0 Å². The number of hydrogen-bond donors (Lipinski definition) is 0. The largest absolute Gasteiger partial charge is 0.310 e. The number of benzene rings is 9. The molecule has 0 saturated heterocycles. The van der Waals surface area contributed by atoms with Crippen LogP contribution in [0.2, 0.25) is 0 Å². The third-order valence-electron chi connectivity index (χ3n) is 11.0. The molecule has 2 heteroatoms. The van der Waals surface area contributed by atoms with Crippen molar-refractivity contribution in [2.24, 2.45) is 0 Å². The van der Waals surface area contributed by atoms with Crippen molar-refractivity contribution in [2.75, 3.05) is 4.90 Å². The lowest BCUT2D eigenvalue weighted by Crippen LogP contribution is -2.13. The first-order valence-electron chi connectivity index (χ1n) is 19.9. The van der Waals surface area contributed by atoms with Crippen LogP contribution in [0.5, 0.6) is 0 Å². The fourth-order valence-electron chi connectivity index (χ4n) is 8.40. The Hall–Kier alpha value is -7.68. The molecular weight excluding hydrogens is 701 g/mol. The van der Waals surface area contributed by atoms with Gasteiger partial charge in [-0.25, -0.2) is 0 Å². The Kier molecular flexibility index (Phi) is 9.27. The summed E-state index contributed by atoms with van der Waals surface area (Å²) in [7, 11) is 0. The van der Waals surface area contributed by atoms with Gasteiger partial charge >= 0.3 is 0 Å². The van der Waals surface area contributed by atoms with E-state index in [9.17, 15) is 0 Å². The summed E-state index contributed by atoms with van der Waals surface area (Å²) in [4.78, 5) is 2.44. The maximum Gasteiger partial charge on any atom is 0.0561 e. The smallest absolute Gasteiger partial charge is 0.0561 e. The van der Waals surface area contributed by atoms with Gasteiger partial charge < -0.3 is 9.47 Å². The molecule has 0 fully saturated rings. The van der Waals surface area contributed by atoms with Crippen molar-refractivity contribution in [2.45, 2.75) is 0 Å². The van der Waals surface area contributed by atoms with E-state index in [1.165, 1.54) is 38.6 Å². The number of fused-ring (bicyclic) bond motifs is 3. The summed E-state index contributed by atoms with van der Waals surface area (Å²) in [5.74, 6) is 0. The second kappa shape index (κ2) is 15.5. The Morgan fingerprint density at radius 1 is 0.328 bits per heavy atom. The van der Waals surface area contributed by atoms with Crippen molar-refractivity contribution in [3.05, 3.63) is 265 Å². The highest BCUT2D eigenvalue weighted by Gasteiger charge is 2.24. The van der Waals surface area contributed by atoms with Crippen molar-refractivity contribution < 1.29 is 0 Å². The standard InChI is InChI=1S/C56H40N2/c1-6-20-41(21-7-1)42-34-36-47(37-35-42)57(48-38-39-50-49-30-16-18-32-52(49)58(54(50)40-48)46-28-14-5-15-29-46)53-33-19-17-31-51(53)56(45-26-12-4-13-27-45)55(43-22-8-2-9-23-43)44-24-10-3-11-25-44/h1-40H. The van der Waals surface area contributed by atoms with Crippen LogP contribution in [0.3, 0.4) is 0 Å². The minimum absolute atomic E-state index is 1.07. The first-order chi connectivity index (χ1) is 28.8. The maximum absolute atomic E-state index is 2.44. The molecule has 0 spiro atoms. The summed E-state index contributed by atoms with van der Waals surface area (Å²) in [6, 6.07) is 87.4. The molecule has 0 N–H and O–H groups in total. The van der Waals surface area contributed by atoms with Crippen molar-refractivity contribution in [3.63, 3.8) is 0 Å². The van der Waals surface area contributed by atoms with E-state index in [0.29, 0.717) is 0 Å². The molecule has 0 aliphatic carbocycles. The Morgan fingerprint density at radius 2 is 0.793 bits per heavy atom. The predicted molar refractivity (Wildman–Crippen MR) is 245 cm³/mol. The highest BCUT2D eigenvalue weighted by atomic mass is 15.1. The third kappa shape index (κ3) is 6.47. The fourth-order valence-corrected chi connectivity index (χ4v) is 8.40. The Labute approximate surface area is 339 Å². The van der Waals surface area contributed by atoms with E-state index >= 15 is 0 Å². The molecule has 0 radical (unpaired) electrons. The van der Waals surface area contributed by atoms with Crippen molar-refractivity contribution in [1.82, 2.24) is 4.57 Å². The molecule has 1 heterocycles. The lowest BCUT2D eigenvalue weighted by molar-refractivity contribution is 1.18. The number of para-hydroxylation sites is 3. The van der Waals surface area contributed by atoms with Gasteiger partial charge in [0.25, 0.3) is 0 Å². The van der Waals surface area contributed by atoms with Gasteiger partial charge in [-0.05, 0) is 87.5 Å². The monoisotopic (exact) mass is 740 g/mol. The second-order valence-corrected chi connectivity index (χ2v) is 14.5. The Balaban J connectivity index is 1.27. The quantitative estimate of drug-likeness (QED) is 0.134. The van der Waals surface area contributed by atoms with Crippen LogP contribution in [-0.4, -0.2) is 4.57 Å². The summed E-state index contributed by atoms with van der Waals surface area (Å²) < 4.78 is 2.40. The molecule has 10 aromatic rings. The summed E-state index contributed by atoms with van der Waals surface area (Å²) in [6.45, 7) is 0. The molecule has 58 heavy (non-hydrogen) atoms. The highest BCUT2D eigenvalue weighted by Crippen LogP contribution is 2.46. The molecular formula is C56H40N2. The Morgan fingerprint density at radius 3 is 1.43 bits per heavy atom. The molecule has 0 amide bonds. The van der Waals surface area contributed by atoms with Crippen LogP contribution < -0.4 is 4.90 Å². The van der Waals surface area contributed by atoms with Gasteiger partial charge in [0.2, 0.25) is 0 Å². The minimum atomic E-state index is 1.07. The third-order valence-corrected chi connectivity index (χ3v) is 11.0. The van der Waals surface area contributed by atoms with E-state index in [2.05, 4.69) is 252 Å². The maximum atomic E-state index is 2.44. The molecule has 1 aromatic heterocycles. The van der Waals surface area contributed by atoms with Gasteiger partial charge in [0.05, 0.1) is 16.7 Å². The van der Waals surface area contributed by atoms with Crippen LogP contribution >= 0.6 is 0 Å². The van der Waals surface area contributed by atoms with Crippen LogP contribution in [0.25, 0.3) is 49.8 Å². The molecule has 0 aliphatic heterocycles. The van der Waals surface area contributed by atoms with Crippen LogP contribution in [0.4, 0.5) is 17.1 Å². The van der Waals surface area contributed by atoms with Crippen LogP contribution in [0.1, 0.15) is 22.3 Å². The SMILES string of the molecule is c1ccc(C(=C(c2ccccc2)c2ccccc2N(c2ccc(-c3ccccc3)cc2)c2ccc3c4ccccc4n(-c4ccccc4)c3c2)c2ccccc2)cc1. The topological polar surface area (TPSA) is 8.17 Å². The van der Waals surface area contributed by atoms with Gasteiger partial charge in [0.15, 0.2) is 0 Å². The lowest BCUT2D eigenvalue weighted by Gasteiger charge is -2.30. The van der Waals surface area contributed by atoms with E-state index < -0.39 is 0 Å². The van der Waals surface area contributed by atoms with Crippen molar-refractivity contribution in [3.8, 4) is 16.8 Å². The van der Waals surface area contributed by atoms with E-state index in [0.717, 1.165) is 50.5 Å². The number of anilines is 3. The molecule has 0 saturated carbocycles. The fraction of sp³-hybridized carbons (Fsp3) is 0. The highest BCUT2D eigenvalue weighted by molar-refractivity contribution is 6.11. The normalized spacial score (nSPS) is 11.1. The van der Waals surface area contributed by atoms with E-state index in [1.807, 2.05) is 0 Å². The van der Waals surface area contributed by atoms with Gasteiger partial charge in [0, 0.05) is 33.4 Å². The second-order valence-electron chi connectivity index (χ2n) is 14.5. The summed E-state index contributed by atoms with van der Waals surface area (Å²) in [5.41, 5.74) is 16.0. The molecule has 0 bridgehead atoms.